The van der Waals surface area contributed by atoms with Gasteiger partial charge in [-0.1, -0.05) is 42.5 Å². The molecule has 2 aromatic carbocycles. The van der Waals surface area contributed by atoms with E-state index in [2.05, 4.69) is 27.0 Å². The van der Waals surface area contributed by atoms with Crippen LogP contribution in [-0.4, -0.2) is 28.6 Å². The Hall–Kier alpha value is -3.15. The highest BCUT2D eigenvalue weighted by Crippen LogP contribution is 2.14. The van der Waals surface area contributed by atoms with Gasteiger partial charge in [-0.2, -0.15) is 0 Å². The summed E-state index contributed by atoms with van der Waals surface area (Å²) in [6.07, 6.45) is 4.28. The maximum Gasteiger partial charge on any atom is 0.257 e. The fourth-order valence-electron chi connectivity index (χ4n) is 2.56. The summed E-state index contributed by atoms with van der Waals surface area (Å²) in [5.74, 6) is 0.183. The molecule has 0 saturated heterocycles. The molecule has 0 saturated carbocycles. The Morgan fingerprint density at radius 3 is 2.69 bits per heavy atom. The number of benzene rings is 2. The molecule has 134 valence electrons. The third kappa shape index (κ3) is 4.92. The van der Waals surface area contributed by atoms with Crippen molar-refractivity contribution in [3.05, 3.63) is 84.2 Å². The van der Waals surface area contributed by atoms with Crippen molar-refractivity contribution in [3.63, 3.8) is 0 Å². The zero-order chi connectivity index (χ0) is 18.2. The third-order valence-electron chi connectivity index (χ3n) is 3.86. The van der Waals surface area contributed by atoms with Crippen molar-refractivity contribution in [3.8, 4) is 5.75 Å². The van der Waals surface area contributed by atoms with Gasteiger partial charge in [0.05, 0.1) is 0 Å². The first-order valence-electron chi connectivity index (χ1n) is 8.40. The second kappa shape index (κ2) is 8.80. The third-order valence-corrected chi connectivity index (χ3v) is 3.86. The molecule has 0 aliphatic heterocycles. The van der Waals surface area contributed by atoms with Gasteiger partial charge in [-0.05, 0) is 17.7 Å². The molecule has 1 amide bonds. The van der Waals surface area contributed by atoms with E-state index in [0.29, 0.717) is 13.0 Å². The Kier molecular flexibility index (Phi) is 5.98. The Labute approximate surface area is 151 Å². The van der Waals surface area contributed by atoms with E-state index in [0.717, 1.165) is 12.4 Å². The van der Waals surface area contributed by atoms with Crippen LogP contribution in [0, 0.1) is 5.82 Å². The summed E-state index contributed by atoms with van der Waals surface area (Å²) in [6.45, 7) is 0.950. The number of imidazole rings is 1. The number of ether oxygens (including phenoxy) is 1. The van der Waals surface area contributed by atoms with Crippen molar-refractivity contribution in [2.45, 2.75) is 13.0 Å². The van der Waals surface area contributed by atoms with Gasteiger partial charge < -0.3 is 14.6 Å². The molecule has 0 aliphatic carbocycles. The van der Waals surface area contributed by atoms with Gasteiger partial charge in [0.25, 0.3) is 5.91 Å². The first-order valence-corrected chi connectivity index (χ1v) is 8.40. The number of aromatic nitrogens is 2. The van der Waals surface area contributed by atoms with Crippen LogP contribution in [0.4, 0.5) is 4.39 Å². The fourth-order valence-corrected chi connectivity index (χ4v) is 2.56. The molecule has 0 atom stereocenters. The van der Waals surface area contributed by atoms with E-state index in [1.54, 1.807) is 18.3 Å². The largest absolute Gasteiger partial charge is 0.481 e. The molecule has 1 N–H and O–H groups in total. The lowest BCUT2D eigenvalue weighted by Crippen LogP contribution is -2.31. The highest BCUT2D eigenvalue weighted by atomic mass is 19.1. The van der Waals surface area contributed by atoms with E-state index in [-0.39, 0.29) is 18.3 Å². The van der Waals surface area contributed by atoms with Gasteiger partial charge in [-0.3, -0.25) is 4.79 Å². The second-order valence-electron chi connectivity index (χ2n) is 5.78. The predicted octanol–water partition coefficient (Wildman–Crippen LogP) is 2.81. The van der Waals surface area contributed by atoms with E-state index < -0.39 is 5.82 Å². The van der Waals surface area contributed by atoms with Gasteiger partial charge >= 0.3 is 0 Å². The molecule has 0 spiro atoms. The van der Waals surface area contributed by atoms with Crippen molar-refractivity contribution in [2.75, 3.05) is 13.2 Å². The van der Waals surface area contributed by atoms with Gasteiger partial charge in [0.2, 0.25) is 0 Å². The minimum absolute atomic E-state index is 0.0704. The molecule has 3 aromatic rings. The van der Waals surface area contributed by atoms with E-state index in [9.17, 15) is 9.18 Å². The lowest BCUT2D eigenvalue weighted by atomic mass is 10.2. The highest BCUT2D eigenvalue weighted by Gasteiger charge is 2.08. The normalized spacial score (nSPS) is 10.5. The molecule has 0 unspecified atom stereocenters. The number of carbonyl (C=O) groups is 1. The second-order valence-corrected chi connectivity index (χ2v) is 5.78. The Bertz CT molecular complexity index is 849. The zero-order valence-corrected chi connectivity index (χ0v) is 14.3. The minimum Gasteiger partial charge on any atom is -0.481 e. The van der Waals surface area contributed by atoms with Crippen molar-refractivity contribution >= 4 is 5.91 Å². The summed E-state index contributed by atoms with van der Waals surface area (Å²) >= 11 is 0. The average Bonchev–Trinajstić information content (AvgIpc) is 3.09. The topological polar surface area (TPSA) is 56.1 Å². The summed E-state index contributed by atoms with van der Waals surface area (Å²) < 4.78 is 20.7. The van der Waals surface area contributed by atoms with Crippen molar-refractivity contribution in [1.29, 1.82) is 0 Å². The predicted molar refractivity (Wildman–Crippen MR) is 96.4 cm³/mol. The van der Waals surface area contributed by atoms with Crippen LogP contribution < -0.4 is 10.1 Å². The molecule has 5 nitrogen and oxygen atoms in total. The highest BCUT2D eigenvalue weighted by molar-refractivity contribution is 5.77. The van der Waals surface area contributed by atoms with Crippen molar-refractivity contribution < 1.29 is 13.9 Å². The number of amides is 1. The maximum atomic E-state index is 13.4. The average molecular weight is 353 g/mol. The van der Waals surface area contributed by atoms with Gasteiger partial charge in [-0.25, -0.2) is 9.37 Å². The summed E-state index contributed by atoms with van der Waals surface area (Å²) in [5, 5.41) is 2.76. The van der Waals surface area contributed by atoms with Crippen LogP contribution in [0.5, 0.6) is 5.75 Å². The molecule has 1 heterocycles. The molecule has 1 aromatic heterocycles. The molecular weight excluding hydrogens is 333 g/mol. The smallest absolute Gasteiger partial charge is 0.257 e. The standard InChI is InChI=1S/C20H20FN3O2/c21-17-8-4-5-9-18(17)26-15-20(25)23-11-10-19-22-12-13-24(19)14-16-6-2-1-3-7-16/h1-9,12-13H,10-11,14-15H2,(H,23,25). The maximum absolute atomic E-state index is 13.4. The quantitative estimate of drug-likeness (QED) is 0.677. The van der Waals surface area contributed by atoms with E-state index in [4.69, 9.17) is 4.74 Å². The number of nitrogens with one attached hydrogen (secondary N) is 1. The van der Waals surface area contributed by atoms with Gasteiger partial charge in [-0.15, -0.1) is 0 Å². The Morgan fingerprint density at radius 1 is 1.12 bits per heavy atom. The van der Waals surface area contributed by atoms with Crippen LogP contribution in [0.1, 0.15) is 11.4 Å². The van der Waals surface area contributed by atoms with Gasteiger partial charge in [0.15, 0.2) is 18.2 Å². The van der Waals surface area contributed by atoms with Crippen LogP contribution in [0.25, 0.3) is 0 Å². The van der Waals surface area contributed by atoms with Crippen LogP contribution in [0.15, 0.2) is 67.0 Å². The number of para-hydroxylation sites is 1. The van der Waals surface area contributed by atoms with E-state index in [1.165, 1.54) is 17.7 Å². The molecule has 26 heavy (non-hydrogen) atoms. The first-order chi connectivity index (χ1) is 12.7. The molecule has 6 heteroatoms. The zero-order valence-electron chi connectivity index (χ0n) is 14.3. The summed E-state index contributed by atoms with van der Waals surface area (Å²) in [4.78, 5) is 16.2. The molecule has 0 fully saturated rings. The number of hydrogen-bond donors (Lipinski definition) is 1. The SMILES string of the molecule is O=C(COc1ccccc1F)NCCc1nccn1Cc1ccccc1. The lowest BCUT2D eigenvalue weighted by molar-refractivity contribution is -0.123. The van der Waals surface area contributed by atoms with E-state index in [1.807, 2.05) is 24.4 Å². The number of halogens is 1. The number of rotatable bonds is 8. The molecule has 3 rings (SSSR count). The van der Waals surface area contributed by atoms with Gasteiger partial charge in [0, 0.05) is 31.9 Å². The van der Waals surface area contributed by atoms with E-state index >= 15 is 0 Å². The fraction of sp³-hybridized carbons (Fsp3) is 0.200. The van der Waals surface area contributed by atoms with Crippen LogP contribution in [-0.2, 0) is 17.8 Å². The first kappa shape index (κ1) is 17.7. The van der Waals surface area contributed by atoms with Crippen molar-refractivity contribution in [2.24, 2.45) is 0 Å². The lowest BCUT2D eigenvalue weighted by Gasteiger charge is -2.10. The molecular formula is C20H20FN3O2. The van der Waals surface area contributed by atoms with Crippen LogP contribution >= 0.6 is 0 Å². The number of hydrogen-bond acceptors (Lipinski definition) is 3. The number of nitrogens with zero attached hydrogens (tertiary/aromatic N) is 2. The Balaban J connectivity index is 1.44. The molecule has 0 bridgehead atoms. The van der Waals surface area contributed by atoms with Gasteiger partial charge in [0.1, 0.15) is 5.82 Å². The summed E-state index contributed by atoms with van der Waals surface area (Å²) in [7, 11) is 0. The van der Waals surface area contributed by atoms with Crippen LogP contribution in [0.2, 0.25) is 0 Å². The number of carbonyl (C=O) groups excluding carboxylic acids is 1. The summed E-state index contributed by atoms with van der Waals surface area (Å²) in [5.41, 5.74) is 1.19. The monoisotopic (exact) mass is 353 g/mol. The Morgan fingerprint density at radius 2 is 1.88 bits per heavy atom. The summed E-state index contributed by atoms with van der Waals surface area (Å²) in [6, 6.07) is 16.1. The van der Waals surface area contributed by atoms with Crippen LogP contribution in [0.3, 0.4) is 0 Å². The minimum atomic E-state index is -0.483. The molecule has 0 radical (unpaired) electrons. The molecule has 0 aliphatic rings. The van der Waals surface area contributed by atoms with Crippen molar-refractivity contribution in [1.82, 2.24) is 14.9 Å².